The van der Waals surface area contributed by atoms with Crippen LogP contribution < -0.4 is 10.1 Å². The van der Waals surface area contributed by atoms with Crippen molar-refractivity contribution in [3.8, 4) is 5.75 Å². The van der Waals surface area contributed by atoms with E-state index in [0.29, 0.717) is 11.4 Å². The van der Waals surface area contributed by atoms with Crippen LogP contribution in [0.3, 0.4) is 0 Å². The Kier molecular flexibility index (Phi) is 3.15. The lowest BCUT2D eigenvalue weighted by Crippen LogP contribution is -2.16. The second-order valence-corrected chi connectivity index (χ2v) is 4.73. The maximum atomic E-state index is 13.8. The van der Waals surface area contributed by atoms with Gasteiger partial charge in [0, 0.05) is 18.1 Å². The Morgan fingerprint density at radius 1 is 1.37 bits per heavy atom. The van der Waals surface area contributed by atoms with Crippen LogP contribution in [0.5, 0.6) is 5.75 Å². The fraction of sp³-hybridized carbons (Fsp3) is 0.333. The molecule has 1 atom stereocenters. The number of furan rings is 1. The summed E-state index contributed by atoms with van der Waals surface area (Å²) in [5.74, 6) is 1.38. The van der Waals surface area contributed by atoms with Crippen molar-refractivity contribution >= 4 is 5.69 Å². The molecule has 1 unspecified atom stereocenters. The zero-order valence-electron chi connectivity index (χ0n) is 10.8. The second-order valence-electron chi connectivity index (χ2n) is 4.73. The zero-order valence-corrected chi connectivity index (χ0v) is 10.8. The molecule has 1 aliphatic carbocycles. The van der Waals surface area contributed by atoms with Crippen LogP contribution >= 0.6 is 0 Å². The summed E-state index contributed by atoms with van der Waals surface area (Å²) in [5, 5.41) is 3.25. The third kappa shape index (κ3) is 2.30. The van der Waals surface area contributed by atoms with Crippen molar-refractivity contribution in [2.75, 3.05) is 12.4 Å². The lowest BCUT2D eigenvalue weighted by molar-refractivity contribution is 0.413. The van der Waals surface area contributed by atoms with E-state index in [9.17, 15) is 4.39 Å². The Balaban J connectivity index is 1.87. The van der Waals surface area contributed by atoms with Crippen molar-refractivity contribution in [1.82, 2.24) is 0 Å². The van der Waals surface area contributed by atoms with Gasteiger partial charge in [-0.1, -0.05) is 0 Å². The smallest absolute Gasteiger partial charge is 0.146 e. The van der Waals surface area contributed by atoms with Crippen LogP contribution in [0.25, 0.3) is 0 Å². The Bertz CT molecular complexity index is 579. The first-order chi connectivity index (χ1) is 9.28. The molecular formula is C15H16FNO2. The van der Waals surface area contributed by atoms with Gasteiger partial charge >= 0.3 is 0 Å². The third-order valence-corrected chi connectivity index (χ3v) is 3.56. The van der Waals surface area contributed by atoms with E-state index in [1.54, 1.807) is 25.5 Å². The number of fused-ring (bicyclic) bond motifs is 1. The molecule has 1 heterocycles. The summed E-state index contributed by atoms with van der Waals surface area (Å²) in [7, 11) is 1.58. The normalized spacial score (nSPS) is 17.9. The van der Waals surface area contributed by atoms with Crippen LogP contribution in [0.15, 0.2) is 34.9 Å². The van der Waals surface area contributed by atoms with E-state index in [2.05, 4.69) is 5.32 Å². The molecule has 0 radical (unpaired) electrons. The van der Waals surface area contributed by atoms with Gasteiger partial charge in [0.05, 0.1) is 25.1 Å². The first kappa shape index (κ1) is 12.1. The minimum atomic E-state index is -0.267. The molecule has 0 fully saturated rings. The molecule has 2 aromatic rings. The largest absolute Gasteiger partial charge is 0.497 e. The van der Waals surface area contributed by atoms with Crippen LogP contribution in [0, 0.1) is 5.82 Å². The van der Waals surface area contributed by atoms with Crippen molar-refractivity contribution in [1.29, 1.82) is 0 Å². The number of rotatable bonds is 3. The number of nitrogens with one attached hydrogen (secondary N) is 1. The van der Waals surface area contributed by atoms with E-state index >= 15 is 0 Å². The van der Waals surface area contributed by atoms with Crippen molar-refractivity contribution in [2.24, 2.45) is 0 Å². The maximum Gasteiger partial charge on any atom is 0.146 e. The van der Waals surface area contributed by atoms with E-state index < -0.39 is 0 Å². The number of anilines is 1. The Morgan fingerprint density at radius 2 is 2.26 bits per heavy atom. The average Bonchev–Trinajstić information content (AvgIpc) is 2.90. The van der Waals surface area contributed by atoms with Crippen LogP contribution in [0.2, 0.25) is 0 Å². The molecule has 3 rings (SSSR count). The molecule has 1 aromatic heterocycles. The molecule has 0 saturated carbocycles. The van der Waals surface area contributed by atoms with Gasteiger partial charge in [0.15, 0.2) is 0 Å². The van der Waals surface area contributed by atoms with Gasteiger partial charge in [-0.3, -0.25) is 0 Å². The fourth-order valence-corrected chi connectivity index (χ4v) is 2.57. The van der Waals surface area contributed by atoms with Crippen LogP contribution in [-0.2, 0) is 6.42 Å². The average molecular weight is 261 g/mol. The number of halogens is 1. The van der Waals surface area contributed by atoms with Crippen LogP contribution in [-0.4, -0.2) is 7.11 Å². The number of aryl methyl sites for hydroxylation is 1. The van der Waals surface area contributed by atoms with Gasteiger partial charge in [-0.05, 0) is 31.0 Å². The number of ether oxygens (including phenoxy) is 1. The quantitative estimate of drug-likeness (QED) is 0.909. The van der Waals surface area contributed by atoms with E-state index in [-0.39, 0.29) is 11.9 Å². The summed E-state index contributed by atoms with van der Waals surface area (Å²) >= 11 is 0. The van der Waals surface area contributed by atoms with Crippen molar-refractivity contribution in [2.45, 2.75) is 25.3 Å². The monoisotopic (exact) mass is 261 g/mol. The van der Waals surface area contributed by atoms with E-state index in [4.69, 9.17) is 9.15 Å². The molecule has 19 heavy (non-hydrogen) atoms. The number of methoxy groups -OCH3 is 1. The molecule has 0 spiro atoms. The first-order valence-electron chi connectivity index (χ1n) is 6.44. The molecule has 1 N–H and O–H groups in total. The summed E-state index contributed by atoms with van der Waals surface area (Å²) in [6, 6.07) is 6.78. The van der Waals surface area contributed by atoms with Gasteiger partial charge in [0.2, 0.25) is 0 Å². The maximum absolute atomic E-state index is 13.8. The molecule has 1 aliphatic rings. The van der Waals surface area contributed by atoms with Crippen molar-refractivity contribution in [3.05, 3.63) is 47.7 Å². The summed E-state index contributed by atoms with van der Waals surface area (Å²) in [5.41, 5.74) is 1.60. The summed E-state index contributed by atoms with van der Waals surface area (Å²) in [6.45, 7) is 0. The van der Waals surface area contributed by atoms with E-state index in [1.807, 2.05) is 6.07 Å². The third-order valence-electron chi connectivity index (χ3n) is 3.56. The number of benzene rings is 1. The highest BCUT2D eigenvalue weighted by molar-refractivity contribution is 5.51. The fourth-order valence-electron chi connectivity index (χ4n) is 2.57. The number of hydrogen-bond donors (Lipinski definition) is 1. The molecule has 0 aliphatic heterocycles. The highest BCUT2D eigenvalue weighted by Gasteiger charge is 2.23. The second kappa shape index (κ2) is 4.96. The molecular weight excluding hydrogens is 245 g/mol. The standard InChI is InChI=1S/C15H16FNO2/c1-18-10-5-6-12(16)14(9-10)17-13-3-2-4-15-11(13)7-8-19-15/h5-9,13,17H,2-4H2,1H3. The topological polar surface area (TPSA) is 34.4 Å². The zero-order chi connectivity index (χ0) is 13.2. The first-order valence-corrected chi connectivity index (χ1v) is 6.44. The molecule has 1 aromatic carbocycles. The number of hydrogen-bond acceptors (Lipinski definition) is 3. The van der Waals surface area contributed by atoms with Gasteiger partial charge in [0.1, 0.15) is 17.3 Å². The van der Waals surface area contributed by atoms with Gasteiger partial charge < -0.3 is 14.5 Å². The van der Waals surface area contributed by atoms with Crippen LogP contribution in [0.4, 0.5) is 10.1 Å². The lowest BCUT2D eigenvalue weighted by Gasteiger charge is -2.24. The molecule has 0 saturated heterocycles. The van der Waals surface area contributed by atoms with E-state index in [0.717, 1.165) is 30.6 Å². The highest BCUT2D eigenvalue weighted by Crippen LogP contribution is 2.34. The Hall–Kier alpha value is -1.97. The van der Waals surface area contributed by atoms with Gasteiger partial charge in [-0.15, -0.1) is 0 Å². The molecule has 3 nitrogen and oxygen atoms in total. The van der Waals surface area contributed by atoms with Crippen molar-refractivity contribution < 1.29 is 13.5 Å². The summed E-state index contributed by atoms with van der Waals surface area (Å²) in [4.78, 5) is 0. The lowest BCUT2D eigenvalue weighted by atomic mass is 9.93. The minimum absolute atomic E-state index is 0.101. The highest BCUT2D eigenvalue weighted by atomic mass is 19.1. The van der Waals surface area contributed by atoms with Gasteiger partial charge in [0.25, 0.3) is 0 Å². The molecule has 4 heteroatoms. The summed E-state index contributed by atoms with van der Waals surface area (Å²) < 4.78 is 24.4. The SMILES string of the molecule is COc1ccc(F)c(NC2CCCc3occc32)c1. The Morgan fingerprint density at radius 3 is 3.11 bits per heavy atom. The van der Waals surface area contributed by atoms with E-state index in [1.165, 1.54) is 6.07 Å². The molecule has 0 bridgehead atoms. The predicted octanol–water partition coefficient (Wildman–Crippen LogP) is 3.92. The molecule has 0 amide bonds. The van der Waals surface area contributed by atoms with Gasteiger partial charge in [-0.2, -0.15) is 0 Å². The van der Waals surface area contributed by atoms with Gasteiger partial charge in [-0.25, -0.2) is 4.39 Å². The Labute approximate surface area is 111 Å². The predicted molar refractivity (Wildman–Crippen MR) is 71.0 cm³/mol. The van der Waals surface area contributed by atoms with Crippen LogP contribution in [0.1, 0.15) is 30.2 Å². The summed E-state index contributed by atoms with van der Waals surface area (Å²) in [6.07, 6.45) is 4.68. The molecule has 100 valence electrons. The minimum Gasteiger partial charge on any atom is -0.497 e. The van der Waals surface area contributed by atoms with Crippen molar-refractivity contribution in [3.63, 3.8) is 0 Å².